The lowest BCUT2D eigenvalue weighted by Crippen LogP contribution is -2.45. The molecule has 3 N–H and O–H groups in total. The zero-order chi connectivity index (χ0) is 10.8. The predicted molar refractivity (Wildman–Crippen MR) is 52.0 cm³/mol. The van der Waals surface area contributed by atoms with Crippen LogP contribution in [0.1, 0.15) is 6.42 Å². The molecular weight excluding hydrogens is 201 g/mol. The Labute approximate surface area is 85.9 Å². The van der Waals surface area contributed by atoms with Crippen molar-refractivity contribution in [2.75, 3.05) is 23.7 Å². The smallest absolute Gasteiger partial charge is 0.247 e. The Balaban J connectivity index is 2.12. The highest BCUT2D eigenvalue weighted by atomic mass is 19.1. The van der Waals surface area contributed by atoms with E-state index >= 15 is 0 Å². The molecule has 0 aliphatic carbocycles. The first kappa shape index (κ1) is 10.0. The third-order valence-corrected chi connectivity index (χ3v) is 2.36. The number of hydrogen-bond acceptors (Lipinski definition) is 6. The number of piperidine rings is 1. The van der Waals surface area contributed by atoms with Crippen LogP contribution in [0.25, 0.3) is 0 Å². The summed E-state index contributed by atoms with van der Waals surface area (Å²) in [6.07, 6.45) is -0.479. The minimum absolute atomic E-state index is 0.0757. The minimum Gasteiger partial charge on any atom is -0.390 e. The summed E-state index contributed by atoms with van der Waals surface area (Å²) in [6.45, 7) is 0.582. The van der Waals surface area contributed by atoms with Crippen molar-refractivity contribution in [3.63, 3.8) is 0 Å². The summed E-state index contributed by atoms with van der Waals surface area (Å²) < 4.78 is 13.2. The lowest BCUT2D eigenvalue weighted by molar-refractivity contribution is 0.0611. The number of halogens is 1. The number of aliphatic hydroxyl groups excluding tert-OH is 1. The molecule has 1 fully saturated rings. The van der Waals surface area contributed by atoms with Crippen LogP contribution in [0.2, 0.25) is 0 Å². The van der Waals surface area contributed by atoms with Crippen LogP contribution in [0.4, 0.5) is 16.2 Å². The highest BCUT2D eigenvalue weighted by molar-refractivity contribution is 5.36. The molecule has 7 heteroatoms. The van der Waals surface area contributed by atoms with Crippen molar-refractivity contribution in [1.82, 2.24) is 15.2 Å². The number of nitrogens with zero attached hydrogens (tertiary/aromatic N) is 4. The maximum absolute atomic E-state index is 13.2. The van der Waals surface area contributed by atoms with Gasteiger partial charge in [0.05, 0.1) is 18.8 Å². The van der Waals surface area contributed by atoms with E-state index in [0.29, 0.717) is 18.9 Å². The van der Waals surface area contributed by atoms with Gasteiger partial charge in [0.15, 0.2) is 0 Å². The third kappa shape index (κ3) is 2.12. The second kappa shape index (κ2) is 3.93. The fourth-order valence-corrected chi connectivity index (χ4v) is 1.51. The lowest BCUT2D eigenvalue weighted by atomic mass is 10.1. The van der Waals surface area contributed by atoms with Crippen LogP contribution in [-0.2, 0) is 0 Å². The molecule has 0 saturated carbocycles. The molecule has 2 rings (SSSR count). The van der Waals surface area contributed by atoms with E-state index in [1.165, 1.54) is 6.20 Å². The predicted octanol–water partition coefficient (Wildman–Crippen LogP) is -0.637. The van der Waals surface area contributed by atoms with Gasteiger partial charge >= 0.3 is 0 Å². The Bertz CT molecular complexity index is 350. The van der Waals surface area contributed by atoms with E-state index in [1.807, 2.05) is 0 Å². The number of aliphatic hydroxyl groups is 1. The Morgan fingerprint density at radius 2 is 2.40 bits per heavy atom. The maximum Gasteiger partial charge on any atom is 0.247 e. The number of anilines is 2. The molecule has 1 aliphatic heterocycles. The number of hydrogen-bond donors (Lipinski definition) is 2. The molecule has 15 heavy (non-hydrogen) atoms. The van der Waals surface area contributed by atoms with Gasteiger partial charge in [-0.3, -0.25) is 0 Å². The topological polar surface area (TPSA) is 88.2 Å². The summed E-state index contributed by atoms with van der Waals surface area (Å²) in [5, 5.41) is 16.6. The molecule has 2 heterocycles. The normalized spacial score (nSPS) is 26.7. The van der Waals surface area contributed by atoms with E-state index in [9.17, 15) is 9.50 Å². The summed E-state index contributed by atoms with van der Waals surface area (Å²) in [5.41, 5.74) is 5.44. The summed E-state index contributed by atoms with van der Waals surface area (Å²) in [5.74, 6) is 0.561. The van der Waals surface area contributed by atoms with Crippen molar-refractivity contribution in [2.45, 2.75) is 18.7 Å². The highest BCUT2D eigenvalue weighted by Gasteiger charge is 2.28. The molecule has 1 aromatic heterocycles. The fourth-order valence-electron chi connectivity index (χ4n) is 1.51. The monoisotopic (exact) mass is 213 g/mol. The van der Waals surface area contributed by atoms with Crippen molar-refractivity contribution in [3.05, 3.63) is 6.20 Å². The zero-order valence-electron chi connectivity index (χ0n) is 8.04. The van der Waals surface area contributed by atoms with E-state index in [2.05, 4.69) is 15.2 Å². The van der Waals surface area contributed by atoms with Gasteiger partial charge in [0, 0.05) is 6.54 Å². The Morgan fingerprint density at radius 3 is 3.07 bits per heavy atom. The molecule has 0 spiro atoms. The van der Waals surface area contributed by atoms with E-state index in [4.69, 9.17) is 5.73 Å². The molecule has 1 aromatic rings. The standard InChI is InChI=1S/C8H12FN5O/c9-5-4-14(2-1-6(5)15)8-12-7(10)3-11-13-8/h3,5-6,15H,1-2,4H2,(H2,10,12,13). The summed E-state index contributed by atoms with van der Waals surface area (Å²) in [6, 6.07) is 0. The van der Waals surface area contributed by atoms with Crippen LogP contribution in [0.5, 0.6) is 0 Å². The van der Waals surface area contributed by atoms with Gasteiger partial charge in [-0.25, -0.2) is 4.39 Å². The van der Waals surface area contributed by atoms with Gasteiger partial charge in [-0.1, -0.05) is 0 Å². The number of nitrogen functional groups attached to an aromatic ring is 1. The van der Waals surface area contributed by atoms with Crippen LogP contribution in [0.15, 0.2) is 6.20 Å². The highest BCUT2D eigenvalue weighted by Crippen LogP contribution is 2.18. The summed E-state index contributed by atoms with van der Waals surface area (Å²) in [7, 11) is 0. The van der Waals surface area contributed by atoms with Gasteiger partial charge in [-0.15, -0.1) is 5.10 Å². The van der Waals surface area contributed by atoms with Crippen LogP contribution in [0.3, 0.4) is 0 Å². The van der Waals surface area contributed by atoms with Gasteiger partial charge in [0.2, 0.25) is 5.95 Å². The molecule has 2 atom stereocenters. The number of alkyl halides is 1. The quantitative estimate of drug-likeness (QED) is 0.645. The number of aromatic nitrogens is 3. The maximum atomic E-state index is 13.2. The molecule has 82 valence electrons. The van der Waals surface area contributed by atoms with Gasteiger partial charge < -0.3 is 15.7 Å². The first-order valence-corrected chi connectivity index (χ1v) is 4.69. The van der Waals surface area contributed by atoms with E-state index < -0.39 is 12.3 Å². The van der Waals surface area contributed by atoms with E-state index in [0.717, 1.165) is 0 Å². The molecular formula is C8H12FN5O. The van der Waals surface area contributed by atoms with Crippen LogP contribution in [0, 0.1) is 0 Å². The van der Waals surface area contributed by atoms with E-state index in [1.54, 1.807) is 4.90 Å². The first-order chi connectivity index (χ1) is 7.16. The molecule has 0 bridgehead atoms. The van der Waals surface area contributed by atoms with Crippen molar-refractivity contribution in [1.29, 1.82) is 0 Å². The molecule has 0 radical (unpaired) electrons. The van der Waals surface area contributed by atoms with Crippen LogP contribution in [-0.4, -0.2) is 45.7 Å². The molecule has 1 saturated heterocycles. The fraction of sp³-hybridized carbons (Fsp3) is 0.625. The second-order valence-electron chi connectivity index (χ2n) is 3.50. The number of nitrogens with two attached hydrogens (primary N) is 1. The zero-order valence-corrected chi connectivity index (χ0v) is 8.04. The van der Waals surface area contributed by atoms with Crippen LogP contribution < -0.4 is 10.6 Å². The van der Waals surface area contributed by atoms with E-state index in [-0.39, 0.29) is 12.4 Å². The van der Waals surface area contributed by atoms with Gasteiger partial charge in [0.25, 0.3) is 0 Å². The second-order valence-corrected chi connectivity index (χ2v) is 3.50. The molecule has 0 amide bonds. The number of rotatable bonds is 1. The Kier molecular flexibility index (Phi) is 2.63. The summed E-state index contributed by atoms with van der Waals surface area (Å²) >= 11 is 0. The van der Waals surface area contributed by atoms with Crippen molar-refractivity contribution >= 4 is 11.8 Å². The average molecular weight is 213 g/mol. The molecule has 0 aromatic carbocycles. The SMILES string of the molecule is Nc1cnnc(N2CCC(O)C(F)C2)n1. The lowest BCUT2D eigenvalue weighted by Gasteiger charge is -2.31. The van der Waals surface area contributed by atoms with Crippen LogP contribution >= 0.6 is 0 Å². The Morgan fingerprint density at radius 1 is 1.60 bits per heavy atom. The average Bonchev–Trinajstić information content (AvgIpc) is 2.22. The Hall–Kier alpha value is -1.50. The third-order valence-electron chi connectivity index (χ3n) is 2.36. The molecule has 1 aliphatic rings. The van der Waals surface area contributed by atoms with Gasteiger partial charge in [0.1, 0.15) is 12.0 Å². The summed E-state index contributed by atoms with van der Waals surface area (Å²) in [4.78, 5) is 5.56. The van der Waals surface area contributed by atoms with Crippen molar-refractivity contribution < 1.29 is 9.50 Å². The largest absolute Gasteiger partial charge is 0.390 e. The van der Waals surface area contributed by atoms with Crippen molar-refractivity contribution in [3.8, 4) is 0 Å². The first-order valence-electron chi connectivity index (χ1n) is 4.69. The van der Waals surface area contributed by atoms with Gasteiger partial charge in [-0.2, -0.15) is 10.1 Å². The van der Waals surface area contributed by atoms with Crippen molar-refractivity contribution in [2.24, 2.45) is 0 Å². The van der Waals surface area contributed by atoms with Gasteiger partial charge in [-0.05, 0) is 6.42 Å². The minimum atomic E-state index is -1.27. The molecule has 6 nitrogen and oxygen atoms in total. The molecule has 2 unspecified atom stereocenters.